The first-order valence-corrected chi connectivity index (χ1v) is 10.8. The van der Waals surface area contributed by atoms with Crippen molar-refractivity contribution in [3.05, 3.63) is 87.5 Å². The van der Waals surface area contributed by atoms with Crippen molar-refractivity contribution in [3.63, 3.8) is 0 Å². The highest BCUT2D eigenvalue weighted by atomic mass is 19.1. The second kappa shape index (κ2) is 7.19. The molecule has 3 heteroatoms. The summed E-state index contributed by atoms with van der Waals surface area (Å²) in [7, 11) is 1.94. The average molecular weight is 412 g/mol. The van der Waals surface area contributed by atoms with Crippen molar-refractivity contribution < 1.29 is 9.18 Å². The molecule has 1 unspecified atom stereocenters. The largest absolute Gasteiger partial charge is 0.388 e. The van der Waals surface area contributed by atoms with E-state index in [4.69, 9.17) is 0 Å². The van der Waals surface area contributed by atoms with Crippen LogP contribution in [0, 0.1) is 11.7 Å². The minimum absolute atomic E-state index is 0.0613. The van der Waals surface area contributed by atoms with Crippen molar-refractivity contribution in [2.24, 2.45) is 5.92 Å². The van der Waals surface area contributed by atoms with Gasteiger partial charge < -0.3 is 5.32 Å². The summed E-state index contributed by atoms with van der Waals surface area (Å²) in [5.74, 6) is -0.481. The van der Waals surface area contributed by atoms with Crippen LogP contribution in [0.4, 0.5) is 10.1 Å². The summed E-state index contributed by atoms with van der Waals surface area (Å²) in [5, 5.41) is 5.62. The van der Waals surface area contributed by atoms with Gasteiger partial charge >= 0.3 is 0 Å². The van der Waals surface area contributed by atoms with E-state index in [-0.39, 0.29) is 22.9 Å². The molecule has 2 aliphatic carbocycles. The van der Waals surface area contributed by atoms with Gasteiger partial charge in [-0.25, -0.2) is 4.39 Å². The SMILES string of the molecule is CNc1ccc2c(c1)CC=c1c-2ccc2c1=CC(C(=O)c1ccc(F)cc1)CC2(C)C. The van der Waals surface area contributed by atoms with Crippen molar-refractivity contribution >= 4 is 23.6 Å². The number of nitrogens with one attached hydrogen (secondary N) is 1. The van der Waals surface area contributed by atoms with Gasteiger partial charge in [0.2, 0.25) is 0 Å². The third-order valence-electron chi connectivity index (χ3n) is 6.79. The van der Waals surface area contributed by atoms with Gasteiger partial charge in [0.25, 0.3) is 0 Å². The second-order valence-electron chi connectivity index (χ2n) is 9.25. The summed E-state index contributed by atoms with van der Waals surface area (Å²) < 4.78 is 13.3. The predicted molar refractivity (Wildman–Crippen MR) is 125 cm³/mol. The van der Waals surface area contributed by atoms with Crippen LogP contribution < -0.4 is 15.8 Å². The van der Waals surface area contributed by atoms with Crippen LogP contribution in [0.1, 0.15) is 41.8 Å². The lowest BCUT2D eigenvalue weighted by Crippen LogP contribution is -2.43. The molecule has 156 valence electrons. The number of anilines is 1. The molecular formula is C28H26FNO. The van der Waals surface area contributed by atoms with Gasteiger partial charge in [-0.15, -0.1) is 0 Å². The fraction of sp³-hybridized carbons (Fsp3) is 0.250. The molecule has 0 heterocycles. The monoisotopic (exact) mass is 411 g/mol. The number of hydrogen-bond acceptors (Lipinski definition) is 2. The van der Waals surface area contributed by atoms with Crippen molar-refractivity contribution in [1.82, 2.24) is 0 Å². The molecule has 1 atom stereocenters. The Bertz CT molecular complexity index is 1320. The Morgan fingerprint density at radius 3 is 2.48 bits per heavy atom. The van der Waals surface area contributed by atoms with Gasteiger partial charge in [0, 0.05) is 24.2 Å². The lowest BCUT2D eigenvalue weighted by Gasteiger charge is -2.34. The molecule has 2 aliphatic rings. The number of halogens is 1. The van der Waals surface area contributed by atoms with Crippen LogP contribution in [-0.2, 0) is 11.8 Å². The van der Waals surface area contributed by atoms with Gasteiger partial charge in [0.05, 0.1) is 0 Å². The molecular weight excluding hydrogens is 385 g/mol. The molecule has 0 saturated carbocycles. The van der Waals surface area contributed by atoms with Gasteiger partial charge in [-0.05, 0) is 87.3 Å². The number of carbonyl (C=O) groups excluding carboxylic acids is 1. The van der Waals surface area contributed by atoms with E-state index < -0.39 is 0 Å². The van der Waals surface area contributed by atoms with Crippen LogP contribution in [0.5, 0.6) is 0 Å². The van der Waals surface area contributed by atoms with E-state index in [0.29, 0.717) is 5.56 Å². The number of Topliss-reactive ketones (excluding diaryl/α,β-unsaturated/α-hetero) is 1. The van der Waals surface area contributed by atoms with E-state index in [1.807, 2.05) is 7.05 Å². The number of rotatable bonds is 3. The van der Waals surface area contributed by atoms with E-state index in [2.05, 4.69) is 61.6 Å². The Kier molecular flexibility index (Phi) is 4.58. The fourth-order valence-electron chi connectivity index (χ4n) is 5.17. The topological polar surface area (TPSA) is 29.1 Å². The zero-order valence-electron chi connectivity index (χ0n) is 18.1. The minimum atomic E-state index is -0.321. The van der Waals surface area contributed by atoms with Crippen molar-refractivity contribution in [1.29, 1.82) is 0 Å². The molecule has 0 saturated heterocycles. The van der Waals surface area contributed by atoms with E-state index in [1.165, 1.54) is 44.8 Å². The minimum Gasteiger partial charge on any atom is -0.388 e. The van der Waals surface area contributed by atoms with Crippen molar-refractivity contribution in [2.45, 2.75) is 32.1 Å². The smallest absolute Gasteiger partial charge is 0.169 e. The number of ketones is 1. The molecule has 0 aliphatic heterocycles. The Morgan fingerprint density at radius 1 is 1.00 bits per heavy atom. The zero-order chi connectivity index (χ0) is 21.8. The van der Waals surface area contributed by atoms with Crippen LogP contribution in [0.25, 0.3) is 23.3 Å². The molecule has 0 aromatic heterocycles. The first-order chi connectivity index (χ1) is 14.9. The standard InChI is InChI=1S/C28H26FNO/c1-28(2)16-19(27(31)17-4-7-20(29)8-5-17)15-25-24-10-6-18-14-21(30-3)9-11-22(18)23(24)12-13-26(25)28/h4-5,7-15,19,30H,6,16H2,1-3H3. The van der Waals surface area contributed by atoms with Gasteiger partial charge in [-0.1, -0.05) is 44.2 Å². The molecule has 2 nitrogen and oxygen atoms in total. The normalized spacial score (nSPS) is 18.0. The third-order valence-corrected chi connectivity index (χ3v) is 6.79. The van der Waals surface area contributed by atoms with Gasteiger partial charge in [0.15, 0.2) is 5.78 Å². The van der Waals surface area contributed by atoms with Gasteiger partial charge in [0.1, 0.15) is 5.82 Å². The van der Waals surface area contributed by atoms with E-state index in [0.717, 1.165) is 18.5 Å². The van der Waals surface area contributed by atoms with Gasteiger partial charge in [-0.3, -0.25) is 4.79 Å². The molecule has 0 fully saturated rings. The third kappa shape index (κ3) is 3.29. The Hall–Kier alpha value is -3.20. The van der Waals surface area contributed by atoms with E-state index in [9.17, 15) is 9.18 Å². The summed E-state index contributed by atoms with van der Waals surface area (Å²) in [6.45, 7) is 4.43. The molecule has 5 rings (SSSR count). The highest BCUT2D eigenvalue weighted by Gasteiger charge is 2.33. The quantitative estimate of drug-likeness (QED) is 0.626. The number of carbonyl (C=O) groups is 1. The summed E-state index contributed by atoms with van der Waals surface area (Å²) in [6, 6.07) is 16.9. The molecule has 1 N–H and O–H groups in total. The van der Waals surface area contributed by atoms with Crippen LogP contribution in [-0.4, -0.2) is 12.8 Å². The molecule has 0 bridgehead atoms. The molecule has 0 amide bonds. The Labute approximate surface area is 182 Å². The average Bonchev–Trinajstić information content (AvgIpc) is 2.77. The van der Waals surface area contributed by atoms with Crippen LogP contribution in [0.2, 0.25) is 0 Å². The van der Waals surface area contributed by atoms with Crippen LogP contribution >= 0.6 is 0 Å². The maximum absolute atomic E-state index is 13.3. The number of hydrogen-bond donors (Lipinski definition) is 1. The van der Waals surface area contributed by atoms with Crippen LogP contribution in [0.3, 0.4) is 0 Å². The summed E-state index contributed by atoms with van der Waals surface area (Å²) in [6.07, 6.45) is 6.07. The first-order valence-electron chi connectivity index (χ1n) is 10.8. The zero-order valence-corrected chi connectivity index (χ0v) is 18.1. The second-order valence-corrected chi connectivity index (χ2v) is 9.25. The lowest BCUT2D eigenvalue weighted by molar-refractivity contribution is 0.0933. The summed E-state index contributed by atoms with van der Waals surface area (Å²) in [4.78, 5) is 13.3. The molecule has 3 aromatic carbocycles. The van der Waals surface area contributed by atoms with E-state index >= 15 is 0 Å². The summed E-state index contributed by atoms with van der Waals surface area (Å²) in [5.41, 5.74) is 6.66. The highest BCUT2D eigenvalue weighted by molar-refractivity contribution is 6.01. The maximum Gasteiger partial charge on any atom is 0.169 e. The first kappa shape index (κ1) is 19.7. The Morgan fingerprint density at radius 2 is 1.74 bits per heavy atom. The number of fused-ring (bicyclic) bond motifs is 5. The van der Waals surface area contributed by atoms with E-state index in [1.54, 1.807) is 12.1 Å². The molecule has 0 radical (unpaired) electrons. The van der Waals surface area contributed by atoms with Crippen LogP contribution in [0.15, 0.2) is 54.6 Å². The molecule has 31 heavy (non-hydrogen) atoms. The fourth-order valence-corrected chi connectivity index (χ4v) is 5.17. The highest BCUT2D eigenvalue weighted by Crippen LogP contribution is 2.35. The lowest BCUT2D eigenvalue weighted by atomic mass is 9.69. The molecule has 3 aromatic rings. The predicted octanol–water partition coefficient (Wildman–Crippen LogP) is 4.83. The van der Waals surface area contributed by atoms with Crippen molar-refractivity contribution in [3.8, 4) is 11.1 Å². The molecule has 0 spiro atoms. The maximum atomic E-state index is 13.3. The number of benzene rings is 3. The Balaban J connectivity index is 1.67. The summed E-state index contributed by atoms with van der Waals surface area (Å²) >= 11 is 0. The van der Waals surface area contributed by atoms with Crippen molar-refractivity contribution in [2.75, 3.05) is 12.4 Å². The van der Waals surface area contributed by atoms with Gasteiger partial charge in [-0.2, -0.15) is 0 Å².